The predicted octanol–water partition coefficient (Wildman–Crippen LogP) is 2.84. The van der Waals surface area contributed by atoms with E-state index in [1.165, 1.54) is 11.1 Å². The normalized spacial score (nSPS) is 15.0. The molecule has 0 aliphatic heterocycles. The number of nitrogens with zero attached hydrogens (tertiary/aromatic N) is 1. The molecule has 16 heavy (non-hydrogen) atoms. The van der Waals surface area contributed by atoms with Crippen molar-refractivity contribution in [3.63, 3.8) is 0 Å². The predicted molar refractivity (Wildman–Crippen MR) is 64.1 cm³/mol. The summed E-state index contributed by atoms with van der Waals surface area (Å²) in [6.45, 7) is 0. The molecule has 1 aliphatic carbocycles. The first-order valence-electron chi connectivity index (χ1n) is 5.34. The summed E-state index contributed by atoms with van der Waals surface area (Å²) in [5.41, 5.74) is 3.42. The second-order valence-electron chi connectivity index (χ2n) is 4.10. The summed E-state index contributed by atoms with van der Waals surface area (Å²) in [7, 11) is 0. The highest BCUT2D eigenvalue weighted by molar-refractivity contribution is 7.09. The monoisotopic (exact) mass is 229 g/mol. The average Bonchev–Trinajstić information content (AvgIpc) is 2.95. The molecule has 0 unspecified atom stereocenters. The number of carbonyl (C=O) groups is 1. The third-order valence-corrected chi connectivity index (χ3v) is 4.09. The number of aldehydes is 1. The van der Waals surface area contributed by atoms with Crippen molar-refractivity contribution in [2.24, 2.45) is 0 Å². The third kappa shape index (κ3) is 1.57. The number of fused-ring (bicyclic) bond motifs is 1. The lowest BCUT2D eigenvalue weighted by atomic mass is 10.1. The fourth-order valence-electron chi connectivity index (χ4n) is 2.28. The summed E-state index contributed by atoms with van der Waals surface area (Å²) in [5.74, 6) is 0.469. The summed E-state index contributed by atoms with van der Waals surface area (Å²) >= 11 is 1.60. The van der Waals surface area contributed by atoms with Gasteiger partial charge in [0.05, 0.1) is 5.01 Å². The standard InChI is InChI=1S/C13H11NOS/c15-7-12-8-16-13(14-12)11-5-9-3-1-2-4-10(9)6-11/h1-4,7-8,11H,5-6H2. The molecule has 3 heteroatoms. The number of rotatable bonds is 2. The summed E-state index contributed by atoms with van der Waals surface area (Å²) in [6.07, 6.45) is 2.94. The lowest BCUT2D eigenvalue weighted by Gasteiger charge is -2.02. The SMILES string of the molecule is O=Cc1csc(C2Cc3ccccc3C2)n1. The van der Waals surface area contributed by atoms with E-state index in [1.807, 2.05) is 5.38 Å². The number of aromatic nitrogens is 1. The number of thiazole rings is 1. The smallest absolute Gasteiger partial charge is 0.169 e. The Balaban J connectivity index is 1.88. The van der Waals surface area contributed by atoms with Crippen LogP contribution in [0.5, 0.6) is 0 Å². The molecule has 1 heterocycles. The van der Waals surface area contributed by atoms with Crippen LogP contribution < -0.4 is 0 Å². The van der Waals surface area contributed by atoms with Crippen LogP contribution in [0.25, 0.3) is 0 Å². The number of hydrogen-bond donors (Lipinski definition) is 0. The quantitative estimate of drug-likeness (QED) is 0.741. The van der Waals surface area contributed by atoms with Gasteiger partial charge in [-0.3, -0.25) is 4.79 Å². The van der Waals surface area contributed by atoms with Crippen LogP contribution in [0.1, 0.15) is 32.5 Å². The Morgan fingerprint density at radius 2 is 1.94 bits per heavy atom. The van der Waals surface area contributed by atoms with E-state index in [-0.39, 0.29) is 0 Å². The van der Waals surface area contributed by atoms with E-state index < -0.39 is 0 Å². The Bertz CT molecular complexity index is 507. The Morgan fingerprint density at radius 3 is 2.50 bits per heavy atom. The molecule has 1 aliphatic rings. The number of carbonyl (C=O) groups excluding carboxylic acids is 1. The van der Waals surface area contributed by atoms with E-state index in [0.29, 0.717) is 11.6 Å². The Kier molecular flexibility index (Phi) is 2.33. The van der Waals surface area contributed by atoms with Crippen LogP contribution in [0, 0.1) is 0 Å². The van der Waals surface area contributed by atoms with Gasteiger partial charge in [0.1, 0.15) is 5.69 Å². The first-order valence-corrected chi connectivity index (χ1v) is 6.22. The molecule has 0 atom stereocenters. The highest BCUT2D eigenvalue weighted by Gasteiger charge is 2.24. The van der Waals surface area contributed by atoms with Gasteiger partial charge < -0.3 is 0 Å². The van der Waals surface area contributed by atoms with Crippen molar-refractivity contribution in [2.45, 2.75) is 18.8 Å². The van der Waals surface area contributed by atoms with Crippen LogP contribution >= 0.6 is 11.3 Å². The van der Waals surface area contributed by atoms with Crippen LogP contribution in [0.15, 0.2) is 29.6 Å². The molecule has 2 nitrogen and oxygen atoms in total. The molecular formula is C13H11NOS. The van der Waals surface area contributed by atoms with E-state index in [0.717, 1.165) is 24.1 Å². The number of hydrogen-bond acceptors (Lipinski definition) is 3. The molecule has 0 N–H and O–H groups in total. The van der Waals surface area contributed by atoms with E-state index in [9.17, 15) is 4.79 Å². The molecule has 1 aromatic heterocycles. The maximum absolute atomic E-state index is 10.6. The van der Waals surface area contributed by atoms with Crippen molar-refractivity contribution in [3.8, 4) is 0 Å². The van der Waals surface area contributed by atoms with Gasteiger partial charge in [-0.1, -0.05) is 24.3 Å². The minimum atomic E-state index is 0.469. The summed E-state index contributed by atoms with van der Waals surface area (Å²) < 4.78 is 0. The van der Waals surface area contributed by atoms with Crippen molar-refractivity contribution in [1.29, 1.82) is 0 Å². The van der Waals surface area contributed by atoms with E-state index in [2.05, 4.69) is 29.2 Å². The minimum absolute atomic E-state index is 0.469. The summed E-state index contributed by atoms with van der Waals surface area (Å²) in [5, 5.41) is 2.93. The van der Waals surface area contributed by atoms with Crippen molar-refractivity contribution < 1.29 is 4.79 Å². The molecule has 0 amide bonds. The van der Waals surface area contributed by atoms with Gasteiger partial charge in [0.15, 0.2) is 6.29 Å². The van der Waals surface area contributed by atoms with Gasteiger partial charge in [0, 0.05) is 11.3 Å². The molecule has 0 fully saturated rings. The maximum Gasteiger partial charge on any atom is 0.169 e. The van der Waals surface area contributed by atoms with E-state index in [4.69, 9.17) is 0 Å². The van der Waals surface area contributed by atoms with Gasteiger partial charge in [-0.25, -0.2) is 4.98 Å². The number of benzene rings is 1. The lowest BCUT2D eigenvalue weighted by molar-refractivity contribution is 0.111. The Labute approximate surface area is 98.0 Å². The molecule has 1 aromatic carbocycles. The molecule has 80 valence electrons. The molecule has 0 saturated heterocycles. The van der Waals surface area contributed by atoms with Crippen molar-refractivity contribution in [1.82, 2.24) is 4.98 Å². The van der Waals surface area contributed by atoms with Crippen molar-refractivity contribution >= 4 is 17.6 Å². The highest BCUT2D eigenvalue weighted by atomic mass is 32.1. The molecule has 3 rings (SSSR count). The molecule has 0 spiro atoms. The van der Waals surface area contributed by atoms with Gasteiger partial charge in [-0.05, 0) is 24.0 Å². The van der Waals surface area contributed by atoms with Crippen LogP contribution in [-0.2, 0) is 12.8 Å². The van der Waals surface area contributed by atoms with Gasteiger partial charge in [0.25, 0.3) is 0 Å². The second-order valence-corrected chi connectivity index (χ2v) is 4.99. The second kappa shape index (κ2) is 3.83. The Hall–Kier alpha value is -1.48. The Morgan fingerprint density at radius 1 is 1.25 bits per heavy atom. The van der Waals surface area contributed by atoms with Crippen LogP contribution in [-0.4, -0.2) is 11.3 Å². The van der Waals surface area contributed by atoms with Gasteiger partial charge >= 0.3 is 0 Å². The fraction of sp³-hybridized carbons (Fsp3) is 0.231. The molecule has 0 bridgehead atoms. The molecule has 2 aromatic rings. The molecule has 0 saturated carbocycles. The minimum Gasteiger partial charge on any atom is -0.296 e. The van der Waals surface area contributed by atoms with Crippen LogP contribution in [0.3, 0.4) is 0 Å². The van der Waals surface area contributed by atoms with Crippen molar-refractivity contribution in [3.05, 3.63) is 51.5 Å². The molecule has 0 radical (unpaired) electrons. The summed E-state index contributed by atoms with van der Waals surface area (Å²) in [4.78, 5) is 14.9. The molecular weight excluding hydrogens is 218 g/mol. The lowest BCUT2D eigenvalue weighted by Crippen LogP contribution is -1.97. The van der Waals surface area contributed by atoms with Crippen LogP contribution in [0.4, 0.5) is 0 Å². The zero-order valence-corrected chi connectivity index (χ0v) is 9.54. The summed E-state index contributed by atoms with van der Waals surface area (Å²) in [6, 6.07) is 8.53. The van der Waals surface area contributed by atoms with Gasteiger partial charge in [-0.2, -0.15) is 0 Å². The van der Waals surface area contributed by atoms with Gasteiger partial charge in [-0.15, -0.1) is 11.3 Å². The zero-order chi connectivity index (χ0) is 11.0. The third-order valence-electron chi connectivity index (χ3n) is 3.06. The highest BCUT2D eigenvalue weighted by Crippen LogP contribution is 2.34. The van der Waals surface area contributed by atoms with E-state index >= 15 is 0 Å². The maximum atomic E-state index is 10.6. The first kappa shape index (κ1) is 9.73. The average molecular weight is 229 g/mol. The van der Waals surface area contributed by atoms with Crippen LogP contribution in [0.2, 0.25) is 0 Å². The topological polar surface area (TPSA) is 30.0 Å². The van der Waals surface area contributed by atoms with Gasteiger partial charge in [0.2, 0.25) is 0 Å². The largest absolute Gasteiger partial charge is 0.296 e. The van der Waals surface area contributed by atoms with E-state index in [1.54, 1.807) is 11.3 Å². The fourth-order valence-corrected chi connectivity index (χ4v) is 3.14. The van der Waals surface area contributed by atoms with Crippen molar-refractivity contribution in [2.75, 3.05) is 0 Å². The zero-order valence-electron chi connectivity index (χ0n) is 8.72. The first-order chi connectivity index (χ1) is 7.86.